The van der Waals surface area contributed by atoms with Crippen LogP contribution in [-0.2, 0) is 0 Å². The molecule has 0 rings (SSSR count). The Labute approximate surface area is 80.0 Å². The summed E-state index contributed by atoms with van der Waals surface area (Å²) in [6.07, 6.45) is 5.31. The van der Waals surface area contributed by atoms with Crippen molar-refractivity contribution in [1.29, 1.82) is 0 Å². The van der Waals surface area contributed by atoms with Crippen molar-refractivity contribution in [3.05, 3.63) is 0 Å². The summed E-state index contributed by atoms with van der Waals surface area (Å²) in [5.41, 5.74) is 0. The van der Waals surface area contributed by atoms with E-state index in [1.165, 1.54) is 25.7 Å². The zero-order valence-corrected chi connectivity index (χ0v) is 10.0. The normalized spacial score (nSPS) is 7.50. The summed E-state index contributed by atoms with van der Waals surface area (Å²) in [5, 5.41) is 3.02. The summed E-state index contributed by atoms with van der Waals surface area (Å²) in [7, 11) is 1.96. The van der Waals surface area contributed by atoms with Gasteiger partial charge in [-0.3, -0.25) is 0 Å². The Bertz CT molecular complexity index is 26.0. The topological polar surface area (TPSA) is 12.0 Å². The fourth-order valence-corrected chi connectivity index (χ4v) is 0.604. The molecule has 0 aromatic heterocycles. The first-order valence-electron chi connectivity index (χ1n) is 5.47. The molecule has 78 valence electrons. The van der Waals surface area contributed by atoms with Gasteiger partial charge in [0, 0.05) is 0 Å². The van der Waals surface area contributed by atoms with E-state index in [1.807, 2.05) is 20.9 Å². The second kappa shape index (κ2) is 30.6. The van der Waals surface area contributed by atoms with Crippen LogP contribution in [0.2, 0.25) is 0 Å². The highest BCUT2D eigenvalue weighted by Gasteiger charge is 1.68. The van der Waals surface area contributed by atoms with E-state index in [4.69, 9.17) is 0 Å². The van der Waals surface area contributed by atoms with Gasteiger partial charge >= 0.3 is 0 Å². The molecule has 0 spiro atoms. The van der Waals surface area contributed by atoms with Crippen LogP contribution in [0.25, 0.3) is 0 Å². The van der Waals surface area contributed by atoms with Gasteiger partial charge in [-0.2, -0.15) is 0 Å². The van der Waals surface area contributed by atoms with Crippen LogP contribution >= 0.6 is 0 Å². The quantitative estimate of drug-likeness (QED) is 0.684. The molecule has 1 N–H and O–H groups in total. The molecule has 0 fully saturated rings. The molecule has 0 bridgehead atoms. The highest BCUT2D eigenvalue weighted by molar-refractivity contribution is 4.28. The third kappa shape index (κ3) is 51.0. The maximum absolute atomic E-state index is 3.02. The van der Waals surface area contributed by atoms with Gasteiger partial charge in [-0.15, -0.1) is 0 Å². The zero-order valence-electron chi connectivity index (χ0n) is 10.0. The van der Waals surface area contributed by atoms with Crippen molar-refractivity contribution < 1.29 is 0 Å². The Morgan fingerprint density at radius 1 is 0.833 bits per heavy atom. The second-order valence-corrected chi connectivity index (χ2v) is 2.46. The first-order chi connectivity index (χ1) is 5.83. The number of hydrogen-bond acceptors (Lipinski definition) is 1. The van der Waals surface area contributed by atoms with Crippen LogP contribution in [0.4, 0.5) is 0 Å². The third-order valence-electron chi connectivity index (χ3n) is 1.21. The zero-order chi connectivity index (χ0) is 10.2. The summed E-state index contributed by atoms with van der Waals surface area (Å²) in [4.78, 5) is 0. The molecule has 0 radical (unpaired) electrons. The Kier molecular flexibility index (Phi) is 45.6. The Morgan fingerprint density at radius 2 is 1.25 bits per heavy atom. The van der Waals surface area contributed by atoms with Gasteiger partial charge in [0.05, 0.1) is 0 Å². The molecule has 0 saturated heterocycles. The summed E-state index contributed by atoms with van der Waals surface area (Å²) < 4.78 is 0. The number of hydrogen-bond donors (Lipinski definition) is 1. The minimum absolute atomic E-state index is 1.14. The lowest BCUT2D eigenvalue weighted by molar-refractivity contribution is 0.772. The number of rotatable bonds is 4. The van der Waals surface area contributed by atoms with Crippen molar-refractivity contribution in [2.24, 2.45) is 0 Å². The van der Waals surface area contributed by atoms with Crippen LogP contribution in [0.15, 0.2) is 0 Å². The molecule has 1 nitrogen and oxygen atoms in total. The molecular weight excluding hydrogens is 146 g/mol. The molecule has 0 aliphatic carbocycles. The minimum atomic E-state index is 1.14. The molecule has 0 aliphatic rings. The van der Waals surface area contributed by atoms with Crippen LogP contribution in [0, 0.1) is 0 Å². The summed E-state index contributed by atoms with van der Waals surface area (Å²) in [5.74, 6) is 0. The highest BCUT2D eigenvalue weighted by atomic mass is 14.8. The standard InChI is InChI=1S/C5H12.C4H11N.C2H6/c1-3-5-4-2;1-3-4-5-2;1-2/h3-5H2,1-2H3;5H,3-4H2,1-2H3;1-2H3. The maximum atomic E-state index is 3.02. The van der Waals surface area contributed by atoms with Crippen LogP contribution in [0.3, 0.4) is 0 Å². The van der Waals surface area contributed by atoms with Gasteiger partial charge in [0.25, 0.3) is 0 Å². The summed E-state index contributed by atoms with van der Waals surface area (Å²) >= 11 is 0. The molecule has 0 saturated carbocycles. The second-order valence-electron chi connectivity index (χ2n) is 2.46. The van der Waals surface area contributed by atoms with Gasteiger partial charge in [0.2, 0.25) is 0 Å². The van der Waals surface area contributed by atoms with Gasteiger partial charge in [-0.1, -0.05) is 53.9 Å². The molecule has 0 aromatic rings. The lowest BCUT2D eigenvalue weighted by atomic mass is 10.3. The van der Waals surface area contributed by atoms with E-state index in [-0.39, 0.29) is 0 Å². The van der Waals surface area contributed by atoms with Crippen molar-refractivity contribution >= 4 is 0 Å². The average Bonchev–Trinajstić information content (AvgIpc) is 2.12. The first kappa shape index (κ1) is 17.9. The van der Waals surface area contributed by atoms with E-state index in [1.54, 1.807) is 0 Å². The van der Waals surface area contributed by atoms with E-state index in [2.05, 4.69) is 26.1 Å². The first-order valence-corrected chi connectivity index (χ1v) is 5.47. The maximum Gasteiger partial charge on any atom is -0.00546 e. The average molecular weight is 175 g/mol. The van der Waals surface area contributed by atoms with E-state index in [0.29, 0.717) is 0 Å². The third-order valence-corrected chi connectivity index (χ3v) is 1.21. The largest absolute Gasteiger partial charge is 0.320 e. The Morgan fingerprint density at radius 3 is 1.25 bits per heavy atom. The molecule has 0 aromatic carbocycles. The molecule has 1 heteroatoms. The van der Waals surface area contributed by atoms with Gasteiger partial charge < -0.3 is 5.32 Å². The SMILES string of the molecule is CC.CCCCC.CCCNC. The van der Waals surface area contributed by atoms with Gasteiger partial charge in [-0.05, 0) is 20.0 Å². The van der Waals surface area contributed by atoms with Gasteiger partial charge in [0.15, 0.2) is 0 Å². The minimum Gasteiger partial charge on any atom is -0.320 e. The molecule has 12 heavy (non-hydrogen) atoms. The van der Waals surface area contributed by atoms with Crippen molar-refractivity contribution in [2.75, 3.05) is 13.6 Å². The molecule has 0 aliphatic heterocycles. The van der Waals surface area contributed by atoms with Crippen LogP contribution in [0.1, 0.15) is 60.3 Å². The molecular formula is C11H29N. The predicted octanol–water partition coefficient (Wildman–Crippen LogP) is 3.84. The lowest BCUT2D eigenvalue weighted by Gasteiger charge is -1.84. The highest BCUT2D eigenvalue weighted by Crippen LogP contribution is 1.88. The van der Waals surface area contributed by atoms with Crippen molar-refractivity contribution in [1.82, 2.24) is 5.32 Å². The van der Waals surface area contributed by atoms with Crippen LogP contribution < -0.4 is 5.32 Å². The van der Waals surface area contributed by atoms with Crippen molar-refractivity contribution in [3.63, 3.8) is 0 Å². The van der Waals surface area contributed by atoms with E-state index >= 15 is 0 Å². The fraction of sp³-hybridized carbons (Fsp3) is 1.00. The monoisotopic (exact) mass is 175 g/mol. The summed E-state index contributed by atoms with van der Waals surface area (Å²) in [6.45, 7) is 11.7. The van der Waals surface area contributed by atoms with Crippen molar-refractivity contribution in [3.8, 4) is 0 Å². The smallest absolute Gasteiger partial charge is 0.00546 e. The van der Waals surface area contributed by atoms with Crippen molar-refractivity contribution in [2.45, 2.75) is 60.3 Å². The van der Waals surface area contributed by atoms with E-state index in [0.717, 1.165) is 6.54 Å². The molecule has 0 unspecified atom stereocenters. The van der Waals surface area contributed by atoms with Gasteiger partial charge in [-0.25, -0.2) is 0 Å². The fourth-order valence-electron chi connectivity index (χ4n) is 0.604. The molecule has 0 atom stereocenters. The predicted molar refractivity (Wildman–Crippen MR) is 60.8 cm³/mol. The van der Waals surface area contributed by atoms with Gasteiger partial charge in [0.1, 0.15) is 0 Å². The summed E-state index contributed by atoms with van der Waals surface area (Å²) in [6, 6.07) is 0. The molecule has 0 heterocycles. The van der Waals surface area contributed by atoms with E-state index in [9.17, 15) is 0 Å². The number of nitrogens with one attached hydrogen (secondary N) is 1. The Hall–Kier alpha value is -0.0400. The number of unbranched alkanes of at least 4 members (excludes halogenated alkanes) is 2. The van der Waals surface area contributed by atoms with Crippen LogP contribution in [-0.4, -0.2) is 13.6 Å². The Balaban J connectivity index is -0.000000112. The lowest BCUT2D eigenvalue weighted by Crippen LogP contribution is -2.04. The van der Waals surface area contributed by atoms with Crippen LogP contribution in [0.5, 0.6) is 0 Å². The van der Waals surface area contributed by atoms with E-state index < -0.39 is 0 Å². The molecule has 0 amide bonds.